The highest BCUT2D eigenvalue weighted by Gasteiger charge is 2.37. The van der Waals surface area contributed by atoms with Crippen molar-refractivity contribution in [3.63, 3.8) is 0 Å². The molecule has 0 bridgehead atoms. The number of hydrogen-bond donors (Lipinski definition) is 1. The first kappa shape index (κ1) is 11.6. The molecule has 1 aliphatic rings. The summed E-state index contributed by atoms with van der Waals surface area (Å²) in [5.74, 6) is 0.500. The third-order valence-electron chi connectivity index (χ3n) is 3.02. The Labute approximate surface area is 101 Å². The fourth-order valence-electron chi connectivity index (χ4n) is 1.95. The van der Waals surface area contributed by atoms with E-state index >= 15 is 0 Å². The minimum atomic E-state index is -0.141. The summed E-state index contributed by atoms with van der Waals surface area (Å²) in [6, 6.07) is 5.49. The molecule has 4 nitrogen and oxygen atoms in total. The van der Waals surface area contributed by atoms with Crippen molar-refractivity contribution in [2.24, 2.45) is 5.92 Å². The van der Waals surface area contributed by atoms with E-state index in [0.29, 0.717) is 23.2 Å². The second-order valence-electron chi connectivity index (χ2n) is 4.41. The maximum Gasteiger partial charge on any atom is 0.270 e. The van der Waals surface area contributed by atoms with Crippen LogP contribution >= 0.6 is 0 Å². The lowest BCUT2D eigenvalue weighted by molar-refractivity contribution is 0.0944. The molecule has 88 valence electrons. The Morgan fingerprint density at radius 1 is 1.65 bits per heavy atom. The molecule has 1 N–H and O–H groups in total. The van der Waals surface area contributed by atoms with Crippen molar-refractivity contribution < 1.29 is 4.79 Å². The van der Waals surface area contributed by atoms with Gasteiger partial charge in [0, 0.05) is 12.2 Å². The first-order valence-corrected chi connectivity index (χ1v) is 5.91. The summed E-state index contributed by atoms with van der Waals surface area (Å²) in [6.45, 7) is 2.15. The zero-order chi connectivity index (χ0) is 12.3. The largest absolute Gasteiger partial charge is 0.348 e. The van der Waals surface area contributed by atoms with Crippen LogP contribution in [0.25, 0.3) is 0 Å². The maximum atomic E-state index is 11.8. The zero-order valence-electron chi connectivity index (χ0n) is 9.81. The van der Waals surface area contributed by atoms with Gasteiger partial charge in [0.25, 0.3) is 5.91 Å². The van der Waals surface area contributed by atoms with Crippen molar-refractivity contribution in [1.82, 2.24) is 10.3 Å². The molecule has 17 heavy (non-hydrogen) atoms. The second kappa shape index (κ2) is 4.96. The molecule has 1 aromatic rings. The number of amides is 1. The first-order valence-electron chi connectivity index (χ1n) is 5.91. The van der Waals surface area contributed by atoms with Gasteiger partial charge in [-0.25, -0.2) is 4.98 Å². The van der Waals surface area contributed by atoms with Gasteiger partial charge < -0.3 is 5.32 Å². The standard InChI is InChI=1S/C13H15N3O/c1-2-3-10-6-12(10)16-13(17)11-5-4-9(7-14)8-15-11/h4-5,8,10,12H,2-3,6H2,1H3,(H,16,17). The van der Waals surface area contributed by atoms with Crippen LogP contribution in [0, 0.1) is 17.2 Å². The summed E-state index contributed by atoms with van der Waals surface area (Å²) in [7, 11) is 0. The molecule has 1 fully saturated rings. The van der Waals surface area contributed by atoms with Crippen LogP contribution in [0.15, 0.2) is 18.3 Å². The summed E-state index contributed by atoms with van der Waals surface area (Å²) < 4.78 is 0. The van der Waals surface area contributed by atoms with Gasteiger partial charge in [-0.1, -0.05) is 13.3 Å². The SMILES string of the molecule is CCCC1CC1NC(=O)c1ccc(C#N)cn1. The molecule has 2 rings (SSSR count). The summed E-state index contributed by atoms with van der Waals surface area (Å²) in [4.78, 5) is 15.8. The molecule has 4 heteroatoms. The van der Waals surface area contributed by atoms with E-state index < -0.39 is 0 Å². The van der Waals surface area contributed by atoms with Gasteiger partial charge in [-0.05, 0) is 30.9 Å². The molecule has 0 saturated heterocycles. The number of carbonyl (C=O) groups is 1. The lowest BCUT2D eigenvalue weighted by Gasteiger charge is -2.03. The predicted octanol–water partition coefficient (Wildman–Crippen LogP) is 1.87. The van der Waals surface area contributed by atoms with Crippen LogP contribution in [0.4, 0.5) is 0 Å². The molecule has 1 amide bonds. The van der Waals surface area contributed by atoms with Crippen molar-refractivity contribution in [3.05, 3.63) is 29.6 Å². The third-order valence-corrected chi connectivity index (χ3v) is 3.02. The highest BCUT2D eigenvalue weighted by atomic mass is 16.2. The molecule has 1 aromatic heterocycles. The Morgan fingerprint density at radius 2 is 2.47 bits per heavy atom. The Hall–Kier alpha value is -1.89. The normalized spacial score (nSPS) is 21.6. The highest BCUT2D eigenvalue weighted by molar-refractivity contribution is 5.92. The highest BCUT2D eigenvalue weighted by Crippen LogP contribution is 2.34. The smallest absolute Gasteiger partial charge is 0.270 e. The molecule has 1 heterocycles. The van der Waals surface area contributed by atoms with Gasteiger partial charge in [-0.15, -0.1) is 0 Å². The van der Waals surface area contributed by atoms with Gasteiger partial charge in [-0.2, -0.15) is 5.26 Å². The number of rotatable bonds is 4. The summed E-state index contributed by atoms with van der Waals surface area (Å²) in [5.41, 5.74) is 0.850. The summed E-state index contributed by atoms with van der Waals surface area (Å²) >= 11 is 0. The predicted molar refractivity (Wildman–Crippen MR) is 63.2 cm³/mol. The lowest BCUT2D eigenvalue weighted by atomic mass is 10.2. The molecule has 0 aromatic carbocycles. The topological polar surface area (TPSA) is 65.8 Å². The summed E-state index contributed by atoms with van der Waals surface area (Å²) in [6.07, 6.45) is 4.83. The molecule has 0 spiro atoms. The Balaban J connectivity index is 1.90. The molecule has 2 atom stereocenters. The van der Waals surface area contributed by atoms with E-state index in [0.717, 1.165) is 12.8 Å². The third kappa shape index (κ3) is 2.82. The van der Waals surface area contributed by atoms with Crippen LogP contribution < -0.4 is 5.32 Å². The monoisotopic (exact) mass is 229 g/mol. The van der Waals surface area contributed by atoms with Gasteiger partial charge in [0.05, 0.1) is 5.56 Å². The number of hydrogen-bond acceptors (Lipinski definition) is 3. The minimum absolute atomic E-state index is 0.141. The van der Waals surface area contributed by atoms with Crippen LogP contribution in [-0.4, -0.2) is 16.9 Å². The number of aromatic nitrogens is 1. The molecule has 0 radical (unpaired) electrons. The lowest BCUT2D eigenvalue weighted by Crippen LogP contribution is -2.27. The van der Waals surface area contributed by atoms with E-state index in [1.165, 1.54) is 12.6 Å². The fourth-order valence-corrected chi connectivity index (χ4v) is 1.95. The Morgan fingerprint density at radius 3 is 3.06 bits per heavy atom. The molecule has 1 saturated carbocycles. The minimum Gasteiger partial charge on any atom is -0.348 e. The van der Waals surface area contributed by atoms with Crippen molar-refractivity contribution in [2.45, 2.75) is 32.2 Å². The van der Waals surface area contributed by atoms with Crippen LogP contribution in [0.3, 0.4) is 0 Å². The fraction of sp³-hybridized carbons (Fsp3) is 0.462. The average molecular weight is 229 g/mol. The van der Waals surface area contributed by atoms with E-state index in [1.807, 2.05) is 6.07 Å². The van der Waals surface area contributed by atoms with E-state index in [9.17, 15) is 4.79 Å². The van der Waals surface area contributed by atoms with Crippen molar-refractivity contribution in [3.8, 4) is 6.07 Å². The van der Waals surface area contributed by atoms with Gasteiger partial charge in [0.1, 0.15) is 11.8 Å². The van der Waals surface area contributed by atoms with Gasteiger partial charge in [-0.3, -0.25) is 4.79 Å². The molecule has 2 unspecified atom stereocenters. The van der Waals surface area contributed by atoms with E-state index in [1.54, 1.807) is 12.1 Å². The quantitative estimate of drug-likeness (QED) is 0.857. The van der Waals surface area contributed by atoms with E-state index in [-0.39, 0.29) is 5.91 Å². The number of nitrogens with zero attached hydrogens (tertiary/aromatic N) is 2. The van der Waals surface area contributed by atoms with Crippen LogP contribution in [0.5, 0.6) is 0 Å². The molecule has 1 aliphatic carbocycles. The number of carbonyl (C=O) groups excluding carboxylic acids is 1. The van der Waals surface area contributed by atoms with Crippen molar-refractivity contribution in [2.75, 3.05) is 0 Å². The number of nitriles is 1. The van der Waals surface area contributed by atoms with Gasteiger partial charge in [0.15, 0.2) is 0 Å². The van der Waals surface area contributed by atoms with E-state index in [4.69, 9.17) is 5.26 Å². The summed E-state index contributed by atoms with van der Waals surface area (Å²) in [5, 5.41) is 11.6. The van der Waals surface area contributed by atoms with Gasteiger partial charge >= 0.3 is 0 Å². The second-order valence-corrected chi connectivity index (χ2v) is 4.41. The number of pyridine rings is 1. The van der Waals surface area contributed by atoms with E-state index in [2.05, 4.69) is 17.2 Å². The maximum absolute atomic E-state index is 11.8. The Kier molecular flexibility index (Phi) is 3.38. The van der Waals surface area contributed by atoms with Crippen molar-refractivity contribution >= 4 is 5.91 Å². The first-order chi connectivity index (χ1) is 8.24. The van der Waals surface area contributed by atoms with Crippen LogP contribution in [-0.2, 0) is 0 Å². The average Bonchev–Trinajstić information content (AvgIpc) is 3.08. The van der Waals surface area contributed by atoms with Crippen LogP contribution in [0.1, 0.15) is 42.2 Å². The Bertz CT molecular complexity index is 447. The van der Waals surface area contributed by atoms with Gasteiger partial charge in [0.2, 0.25) is 0 Å². The molecule has 0 aliphatic heterocycles. The molecular formula is C13H15N3O. The zero-order valence-corrected chi connectivity index (χ0v) is 9.81. The molecular weight excluding hydrogens is 214 g/mol. The number of nitrogens with one attached hydrogen (secondary N) is 1. The van der Waals surface area contributed by atoms with Crippen LogP contribution in [0.2, 0.25) is 0 Å². The van der Waals surface area contributed by atoms with Crippen molar-refractivity contribution in [1.29, 1.82) is 5.26 Å².